The van der Waals surface area contributed by atoms with Crippen molar-refractivity contribution in [2.75, 3.05) is 13.2 Å². The molecule has 3 aliphatic rings. The van der Waals surface area contributed by atoms with E-state index in [0.717, 1.165) is 0 Å². The van der Waals surface area contributed by atoms with Gasteiger partial charge >= 0.3 is 0 Å². The highest BCUT2D eigenvalue weighted by atomic mass is 16.8. The largest absolute Gasteiger partial charge is 0.472 e. The van der Waals surface area contributed by atoms with Crippen molar-refractivity contribution in [2.45, 2.75) is 43.1 Å². The number of aliphatic hydroxyl groups excluding tert-OH is 6. The van der Waals surface area contributed by atoms with E-state index in [1.54, 1.807) is 6.08 Å². The number of rotatable bonds is 4. The van der Waals surface area contributed by atoms with Crippen molar-refractivity contribution in [1.29, 1.82) is 0 Å². The molecule has 3 rings (SSSR count). The molecular weight excluding hydrogens is 324 g/mol. The molecule has 0 radical (unpaired) electrons. The van der Waals surface area contributed by atoms with E-state index < -0.39 is 55.6 Å². The fourth-order valence-corrected chi connectivity index (χ4v) is 3.38. The summed E-state index contributed by atoms with van der Waals surface area (Å²) in [7, 11) is 0. The molecule has 6 N–H and O–H groups in total. The van der Waals surface area contributed by atoms with Gasteiger partial charge in [-0.05, 0) is 11.6 Å². The van der Waals surface area contributed by atoms with Crippen LogP contribution in [0.2, 0.25) is 0 Å². The Morgan fingerprint density at radius 2 is 1.75 bits per heavy atom. The highest BCUT2D eigenvalue weighted by Gasteiger charge is 2.49. The van der Waals surface area contributed by atoms with Gasteiger partial charge < -0.3 is 44.8 Å². The van der Waals surface area contributed by atoms with E-state index in [9.17, 15) is 30.6 Å². The van der Waals surface area contributed by atoms with Crippen LogP contribution >= 0.6 is 0 Å². The van der Waals surface area contributed by atoms with Gasteiger partial charge in [-0.25, -0.2) is 0 Å². The average Bonchev–Trinajstić information content (AvgIpc) is 2.92. The van der Waals surface area contributed by atoms with Gasteiger partial charge in [-0.15, -0.1) is 0 Å². The van der Waals surface area contributed by atoms with E-state index in [0.29, 0.717) is 5.57 Å². The van der Waals surface area contributed by atoms with Gasteiger partial charge in [0.05, 0.1) is 31.5 Å². The molecule has 9 heteroatoms. The quantitative estimate of drug-likeness (QED) is 0.297. The SMILES string of the molecule is OCC1=C[C@@H](O)[C@@H]2C=CO[C@H](O[C@H]3O[C@@H](CO)[C@@H](O)[C@@H](O)[C@H]3O)[C@@H]12. The maximum absolute atomic E-state index is 10.0. The molecule has 0 unspecified atom stereocenters. The molecule has 0 aromatic rings. The summed E-state index contributed by atoms with van der Waals surface area (Å²) >= 11 is 0. The summed E-state index contributed by atoms with van der Waals surface area (Å²) in [4.78, 5) is 0. The van der Waals surface area contributed by atoms with Gasteiger partial charge in [0.25, 0.3) is 0 Å². The zero-order valence-corrected chi connectivity index (χ0v) is 12.8. The van der Waals surface area contributed by atoms with Crippen molar-refractivity contribution in [3.8, 4) is 0 Å². The molecule has 24 heavy (non-hydrogen) atoms. The van der Waals surface area contributed by atoms with Crippen molar-refractivity contribution in [3.05, 3.63) is 24.0 Å². The first-order chi connectivity index (χ1) is 11.5. The van der Waals surface area contributed by atoms with Gasteiger partial charge in [-0.1, -0.05) is 6.08 Å². The minimum absolute atomic E-state index is 0.288. The Bertz CT molecular complexity index is 505. The average molecular weight is 346 g/mol. The molecule has 1 fully saturated rings. The summed E-state index contributed by atoms with van der Waals surface area (Å²) in [6.45, 7) is -0.854. The number of hydrogen-bond acceptors (Lipinski definition) is 9. The summed E-state index contributed by atoms with van der Waals surface area (Å²) in [5, 5.41) is 58.3. The second-order valence-corrected chi connectivity index (χ2v) is 6.16. The van der Waals surface area contributed by atoms with Crippen LogP contribution in [0, 0.1) is 11.8 Å². The van der Waals surface area contributed by atoms with Crippen molar-refractivity contribution < 1.29 is 44.8 Å². The molecule has 0 bridgehead atoms. The van der Waals surface area contributed by atoms with Crippen molar-refractivity contribution in [3.63, 3.8) is 0 Å². The summed E-state index contributed by atoms with van der Waals surface area (Å²) < 4.78 is 16.3. The molecule has 1 aliphatic carbocycles. The lowest BCUT2D eigenvalue weighted by Gasteiger charge is -2.42. The maximum atomic E-state index is 10.0. The van der Waals surface area contributed by atoms with Crippen LogP contribution in [0.1, 0.15) is 0 Å². The van der Waals surface area contributed by atoms with Crippen molar-refractivity contribution in [1.82, 2.24) is 0 Å². The van der Waals surface area contributed by atoms with Gasteiger partial charge in [-0.3, -0.25) is 0 Å². The topological polar surface area (TPSA) is 149 Å². The first kappa shape index (κ1) is 17.8. The summed E-state index contributed by atoms with van der Waals surface area (Å²) in [5.41, 5.74) is 0.534. The molecule has 1 saturated heterocycles. The van der Waals surface area contributed by atoms with Crippen molar-refractivity contribution in [2.24, 2.45) is 11.8 Å². The van der Waals surface area contributed by atoms with Crippen LogP contribution in [0.5, 0.6) is 0 Å². The summed E-state index contributed by atoms with van der Waals surface area (Å²) in [6.07, 6.45) is -4.27. The van der Waals surface area contributed by atoms with Crippen molar-refractivity contribution >= 4 is 0 Å². The van der Waals surface area contributed by atoms with Crippen LogP contribution in [0.3, 0.4) is 0 Å². The van der Waals surface area contributed by atoms with Crippen LogP contribution in [0.25, 0.3) is 0 Å². The second kappa shape index (κ2) is 7.06. The minimum atomic E-state index is -1.56. The molecule has 2 heterocycles. The third kappa shape index (κ3) is 2.98. The summed E-state index contributed by atoms with van der Waals surface area (Å²) in [6, 6.07) is 0. The Morgan fingerprint density at radius 1 is 1.00 bits per heavy atom. The van der Waals surface area contributed by atoms with E-state index in [1.165, 1.54) is 12.3 Å². The number of hydrogen-bond donors (Lipinski definition) is 6. The Hall–Kier alpha value is -1.04. The normalized spacial score (nSPS) is 47.9. The van der Waals surface area contributed by atoms with Crippen LogP contribution < -0.4 is 0 Å². The van der Waals surface area contributed by atoms with Crippen LogP contribution in [0.15, 0.2) is 24.0 Å². The smallest absolute Gasteiger partial charge is 0.209 e. The number of aliphatic hydroxyl groups is 6. The molecule has 0 spiro atoms. The molecule has 0 aromatic heterocycles. The van der Waals surface area contributed by atoms with E-state index in [2.05, 4.69) is 0 Å². The molecular formula is C15H22O9. The van der Waals surface area contributed by atoms with E-state index in [1.807, 2.05) is 0 Å². The Balaban J connectivity index is 1.75. The molecule has 2 aliphatic heterocycles. The molecule has 0 amide bonds. The maximum Gasteiger partial charge on any atom is 0.209 e. The van der Waals surface area contributed by atoms with E-state index in [4.69, 9.17) is 14.2 Å². The molecule has 0 aromatic carbocycles. The lowest BCUT2D eigenvalue weighted by atomic mass is 9.88. The minimum Gasteiger partial charge on any atom is -0.472 e. The third-order valence-corrected chi connectivity index (χ3v) is 4.73. The fourth-order valence-electron chi connectivity index (χ4n) is 3.38. The van der Waals surface area contributed by atoms with Crippen LogP contribution in [0.4, 0.5) is 0 Å². The monoisotopic (exact) mass is 346 g/mol. The Kier molecular flexibility index (Phi) is 5.23. The zero-order chi connectivity index (χ0) is 17.4. The van der Waals surface area contributed by atoms with E-state index >= 15 is 0 Å². The molecule has 0 saturated carbocycles. The van der Waals surface area contributed by atoms with Gasteiger partial charge in [-0.2, -0.15) is 0 Å². The Morgan fingerprint density at radius 3 is 2.42 bits per heavy atom. The predicted molar refractivity (Wildman–Crippen MR) is 77.0 cm³/mol. The van der Waals surface area contributed by atoms with Gasteiger partial charge in [0.2, 0.25) is 6.29 Å². The number of fused-ring (bicyclic) bond motifs is 1. The number of ether oxygens (including phenoxy) is 3. The standard InChI is InChI=1S/C15H22O9/c16-4-6-3-8(18)7-1-2-22-14(10(6)7)24-15-13(21)12(20)11(19)9(5-17)23-15/h1-3,7-21H,4-5H2/t7-,8+,9-,10-,11+,12+,13+,14+,15+/m0/s1. The predicted octanol–water partition coefficient (Wildman–Crippen LogP) is -2.80. The first-order valence-electron chi connectivity index (χ1n) is 7.75. The fraction of sp³-hybridized carbons (Fsp3) is 0.733. The molecule has 136 valence electrons. The molecule has 9 atom stereocenters. The highest BCUT2D eigenvalue weighted by molar-refractivity contribution is 5.25. The highest BCUT2D eigenvalue weighted by Crippen LogP contribution is 2.40. The lowest BCUT2D eigenvalue weighted by molar-refractivity contribution is -0.339. The van der Waals surface area contributed by atoms with Gasteiger partial charge in [0, 0.05) is 5.92 Å². The van der Waals surface area contributed by atoms with Gasteiger partial charge in [0.15, 0.2) is 6.29 Å². The summed E-state index contributed by atoms with van der Waals surface area (Å²) in [5.74, 6) is -0.835. The third-order valence-electron chi connectivity index (χ3n) is 4.73. The lowest BCUT2D eigenvalue weighted by Crippen LogP contribution is -2.60. The first-order valence-corrected chi connectivity index (χ1v) is 7.75. The Labute approximate surface area is 138 Å². The molecule has 9 nitrogen and oxygen atoms in total. The van der Waals surface area contributed by atoms with Crippen LogP contribution in [-0.2, 0) is 14.2 Å². The zero-order valence-electron chi connectivity index (χ0n) is 12.8. The van der Waals surface area contributed by atoms with Gasteiger partial charge in [0.1, 0.15) is 24.4 Å². The second-order valence-electron chi connectivity index (χ2n) is 6.16. The van der Waals surface area contributed by atoms with E-state index in [-0.39, 0.29) is 12.5 Å². The van der Waals surface area contributed by atoms with Crippen LogP contribution in [-0.4, -0.2) is 87.0 Å².